The minimum atomic E-state index is -3.10. The molecule has 0 atom stereocenters. The first kappa shape index (κ1) is 11.8. The number of rotatable bonds is 5. The average molecular weight is 229 g/mol. The van der Waals surface area contributed by atoms with Gasteiger partial charge in [-0.25, -0.2) is 13.1 Å². The number of hydrogen-bond acceptors (Lipinski definition) is 4. The normalized spacial score (nSPS) is 11.3. The molecule has 4 N–H and O–H groups in total. The van der Waals surface area contributed by atoms with Crippen LogP contribution in [0.25, 0.3) is 0 Å². The highest BCUT2D eigenvalue weighted by Crippen LogP contribution is 2.10. The molecule has 0 bridgehead atoms. The van der Waals surface area contributed by atoms with Gasteiger partial charge in [-0.15, -0.1) is 0 Å². The second-order valence-electron chi connectivity index (χ2n) is 3.22. The van der Waals surface area contributed by atoms with Crippen LogP contribution in [0, 0.1) is 0 Å². The summed E-state index contributed by atoms with van der Waals surface area (Å²) < 4.78 is 23.9. The summed E-state index contributed by atoms with van der Waals surface area (Å²) in [5.74, 6) is 0. The van der Waals surface area contributed by atoms with Crippen molar-refractivity contribution >= 4 is 21.4 Å². The summed E-state index contributed by atoms with van der Waals surface area (Å²) in [6.45, 7) is 0.879. The number of anilines is 2. The van der Waals surface area contributed by atoms with Crippen molar-refractivity contribution in [3.05, 3.63) is 24.3 Å². The highest BCUT2D eigenvalue weighted by Gasteiger charge is 1.98. The topological polar surface area (TPSA) is 84.2 Å². The van der Waals surface area contributed by atoms with Gasteiger partial charge >= 0.3 is 0 Å². The monoisotopic (exact) mass is 229 g/mol. The van der Waals surface area contributed by atoms with Crippen LogP contribution in [0.4, 0.5) is 11.4 Å². The summed E-state index contributed by atoms with van der Waals surface area (Å²) in [6, 6.07) is 7.29. The third kappa shape index (κ3) is 5.24. The molecule has 0 spiro atoms. The van der Waals surface area contributed by atoms with E-state index in [4.69, 9.17) is 5.73 Å². The van der Waals surface area contributed by atoms with E-state index in [2.05, 4.69) is 10.0 Å². The van der Waals surface area contributed by atoms with E-state index in [0.717, 1.165) is 11.9 Å². The summed E-state index contributed by atoms with van der Waals surface area (Å²) >= 11 is 0. The van der Waals surface area contributed by atoms with E-state index in [0.29, 0.717) is 18.8 Å². The van der Waals surface area contributed by atoms with E-state index in [9.17, 15) is 8.42 Å². The molecule has 1 rings (SSSR count). The first-order valence-electron chi connectivity index (χ1n) is 4.51. The zero-order chi connectivity index (χ0) is 11.3. The lowest BCUT2D eigenvalue weighted by atomic mass is 10.3. The van der Waals surface area contributed by atoms with Gasteiger partial charge in [-0.1, -0.05) is 6.07 Å². The molecule has 84 valence electrons. The summed E-state index contributed by atoms with van der Waals surface area (Å²) in [5.41, 5.74) is 7.14. The first-order chi connectivity index (χ1) is 6.97. The summed E-state index contributed by atoms with van der Waals surface area (Å²) in [6.07, 6.45) is 1.13. The maximum Gasteiger partial charge on any atom is 0.208 e. The number of benzene rings is 1. The van der Waals surface area contributed by atoms with Crippen LogP contribution in [0.5, 0.6) is 0 Å². The molecule has 1 aromatic rings. The highest BCUT2D eigenvalue weighted by molar-refractivity contribution is 7.88. The van der Waals surface area contributed by atoms with Crippen molar-refractivity contribution in [2.75, 3.05) is 30.4 Å². The quantitative estimate of drug-likeness (QED) is 0.498. The van der Waals surface area contributed by atoms with Gasteiger partial charge in [0.05, 0.1) is 6.26 Å². The van der Waals surface area contributed by atoms with E-state index in [1.807, 2.05) is 12.1 Å². The van der Waals surface area contributed by atoms with Gasteiger partial charge in [0.25, 0.3) is 0 Å². The van der Waals surface area contributed by atoms with Gasteiger partial charge in [0.2, 0.25) is 10.0 Å². The molecule has 15 heavy (non-hydrogen) atoms. The Morgan fingerprint density at radius 1 is 1.33 bits per heavy atom. The van der Waals surface area contributed by atoms with Gasteiger partial charge in [-0.2, -0.15) is 0 Å². The number of nitrogens with one attached hydrogen (secondary N) is 2. The van der Waals surface area contributed by atoms with Crippen LogP contribution in [0.1, 0.15) is 0 Å². The molecule has 6 heteroatoms. The van der Waals surface area contributed by atoms with E-state index in [1.54, 1.807) is 12.1 Å². The molecule has 0 fully saturated rings. The summed E-state index contributed by atoms with van der Waals surface area (Å²) in [5, 5.41) is 3.05. The molecule has 0 saturated heterocycles. The molecule has 0 aliphatic carbocycles. The predicted octanol–water partition coefficient (Wildman–Crippen LogP) is 0.230. The average Bonchev–Trinajstić information content (AvgIpc) is 2.11. The Morgan fingerprint density at radius 3 is 2.67 bits per heavy atom. The molecule has 0 heterocycles. The van der Waals surface area contributed by atoms with Gasteiger partial charge in [0, 0.05) is 24.5 Å². The third-order valence-electron chi connectivity index (χ3n) is 1.71. The molecule has 0 radical (unpaired) electrons. The maximum absolute atomic E-state index is 10.7. The fourth-order valence-corrected chi connectivity index (χ4v) is 1.56. The number of hydrogen-bond donors (Lipinski definition) is 3. The van der Waals surface area contributed by atoms with Crippen LogP contribution in [0.3, 0.4) is 0 Å². The lowest BCUT2D eigenvalue weighted by molar-refractivity contribution is 0.589. The van der Waals surface area contributed by atoms with E-state index in [-0.39, 0.29) is 0 Å². The van der Waals surface area contributed by atoms with E-state index >= 15 is 0 Å². The van der Waals surface area contributed by atoms with E-state index in [1.165, 1.54) is 0 Å². The maximum atomic E-state index is 10.7. The van der Waals surface area contributed by atoms with Crippen molar-refractivity contribution in [1.29, 1.82) is 0 Å². The Balaban J connectivity index is 2.32. The van der Waals surface area contributed by atoms with Gasteiger partial charge in [-0.3, -0.25) is 0 Å². The smallest absolute Gasteiger partial charge is 0.208 e. The number of sulfonamides is 1. The molecule has 0 aliphatic rings. The van der Waals surface area contributed by atoms with Gasteiger partial charge in [0.15, 0.2) is 0 Å². The number of nitrogen functional groups attached to an aromatic ring is 1. The zero-order valence-corrected chi connectivity index (χ0v) is 9.34. The van der Waals surface area contributed by atoms with Gasteiger partial charge < -0.3 is 11.1 Å². The van der Waals surface area contributed by atoms with Crippen LogP contribution in [0.15, 0.2) is 24.3 Å². The highest BCUT2D eigenvalue weighted by atomic mass is 32.2. The largest absolute Gasteiger partial charge is 0.399 e. The Hall–Kier alpha value is -1.27. The lowest BCUT2D eigenvalue weighted by Gasteiger charge is -2.07. The van der Waals surface area contributed by atoms with Crippen LogP contribution in [0.2, 0.25) is 0 Å². The molecule has 5 nitrogen and oxygen atoms in total. The molecule has 0 saturated carbocycles. The number of nitrogens with two attached hydrogens (primary N) is 1. The zero-order valence-electron chi connectivity index (χ0n) is 8.53. The van der Waals surface area contributed by atoms with Crippen molar-refractivity contribution in [1.82, 2.24) is 4.72 Å². The third-order valence-corrected chi connectivity index (χ3v) is 2.43. The van der Waals surface area contributed by atoms with Crippen LogP contribution < -0.4 is 15.8 Å². The molecule has 0 aliphatic heterocycles. The van der Waals surface area contributed by atoms with Crippen molar-refractivity contribution in [2.45, 2.75) is 0 Å². The Kier molecular flexibility index (Phi) is 3.93. The van der Waals surface area contributed by atoms with Crippen LogP contribution in [-0.4, -0.2) is 27.8 Å². The van der Waals surface area contributed by atoms with Crippen LogP contribution >= 0.6 is 0 Å². The minimum Gasteiger partial charge on any atom is -0.399 e. The fourth-order valence-electron chi connectivity index (χ4n) is 1.09. The summed E-state index contributed by atoms with van der Waals surface area (Å²) in [7, 11) is -3.10. The second-order valence-corrected chi connectivity index (χ2v) is 5.05. The van der Waals surface area contributed by atoms with Crippen molar-refractivity contribution in [3.8, 4) is 0 Å². The second kappa shape index (κ2) is 4.99. The van der Waals surface area contributed by atoms with Gasteiger partial charge in [0.1, 0.15) is 0 Å². The Morgan fingerprint density at radius 2 is 2.07 bits per heavy atom. The van der Waals surface area contributed by atoms with E-state index < -0.39 is 10.0 Å². The van der Waals surface area contributed by atoms with Gasteiger partial charge in [-0.05, 0) is 18.2 Å². The summed E-state index contributed by atoms with van der Waals surface area (Å²) in [4.78, 5) is 0. The van der Waals surface area contributed by atoms with Crippen molar-refractivity contribution in [2.24, 2.45) is 0 Å². The Bertz CT molecular complexity index is 417. The first-order valence-corrected chi connectivity index (χ1v) is 6.40. The predicted molar refractivity (Wildman–Crippen MR) is 62.2 cm³/mol. The Labute approximate surface area is 89.7 Å². The molecular weight excluding hydrogens is 214 g/mol. The molecule has 0 unspecified atom stereocenters. The lowest BCUT2D eigenvalue weighted by Crippen LogP contribution is -2.27. The molecule has 1 aromatic carbocycles. The standard InChI is InChI=1S/C9H15N3O2S/c1-15(13,14)12-6-5-11-9-4-2-3-8(10)7-9/h2-4,7,11-12H,5-6,10H2,1H3. The minimum absolute atomic E-state index is 0.355. The molecular formula is C9H15N3O2S. The molecule has 0 amide bonds. The van der Waals surface area contributed by atoms with Crippen LogP contribution in [-0.2, 0) is 10.0 Å². The van der Waals surface area contributed by atoms with Crippen molar-refractivity contribution < 1.29 is 8.42 Å². The fraction of sp³-hybridized carbons (Fsp3) is 0.333. The van der Waals surface area contributed by atoms with Crippen molar-refractivity contribution in [3.63, 3.8) is 0 Å². The SMILES string of the molecule is CS(=O)(=O)NCCNc1cccc(N)c1. The molecule has 0 aromatic heterocycles.